The van der Waals surface area contributed by atoms with E-state index in [0.29, 0.717) is 5.69 Å². The van der Waals surface area contributed by atoms with Crippen molar-refractivity contribution in [3.8, 4) is 0 Å². The lowest BCUT2D eigenvalue weighted by Gasteiger charge is -2.13. The number of nitrogens with two attached hydrogens (primary N) is 1. The monoisotopic (exact) mass is 290 g/mol. The minimum absolute atomic E-state index is 0.00756. The number of urea groups is 1. The van der Waals surface area contributed by atoms with E-state index in [0.717, 1.165) is 10.5 Å². The molecular formula is C14H18N4O3. The zero-order valence-electron chi connectivity index (χ0n) is 11.9. The van der Waals surface area contributed by atoms with Crippen LogP contribution in [0.1, 0.15) is 24.9 Å². The number of hydrogen-bond acceptors (Lipinski definition) is 4. The fourth-order valence-electron chi connectivity index (χ4n) is 2.06. The van der Waals surface area contributed by atoms with Crippen LogP contribution in [0.15, 0.2) is 24.3 Å². The highest BCUT2D eigenvalue weighted by Crippen LogP contribution is 2.15. The lowest BCUT2D eigenvalue weighted by Crippen LogP contribution is -2.42. The summed E-state index contributed by atoms with van der Waals surface area (Å²) in [7, 11) is 1.40. The van der Waals surface area contributed by atoms with E-state index in [4.69, 9.17) is 5.73 Å². The summed E-state index contributed by atoms with van der Waals surface area (Å²) in [5.41, 5.74) is 7.28. The normalized spacial score (nSPS) is 19.6. The van der Waals surface area contributed by atoms with Crippen LogP contribution in [0.4, 0.5) is 10.5 Å². The van der Waals surface area contributed by atoms with E-state index >= 15 is 0 Å². The van der Waals surface area contributed by atoms with E-state index in [2.05, 4.69) is 10.6 Å². The van der Waals surface area contributed by atoms with Gasteiger partial charge in [-0.25, -0.2) is 4.79 Å². The fourth-order valence-corrected chi connectivity index (χ4v) is 2.06. The molecule has 1 aromatic carbocycles. The Bertz CT molecular complexity index is 568. The van der Waals surface area contributed by atoms with E-state index in [1.807, 2.05) is 19.1 Å². The van der Waals surface area contributed by atoms with Crippen molar-refractivity contribution in [1.82, 2.24) is 10.2 Å². The van der Waals surface area contributed by atoms with E-state index in [-0.39, 0.29) is 18.4 Å². The number of hydrogen-bond donors (Lipinski definition) is 3. The average Bonchev–Trinajstić information content (AvgIpc) is 2.67. The van der Waals surface area contributed by atoms with Crippen molar-refractivity contribution in [3.05, 3.63) is 29.8 Å². The maximum Gasteiger partial charge on any atom is 0.319 e. The first-order chi connectivity index (χ1) is 9.88. The first-order valence-electron chi connectivity index (χ1n) is 6.62. The Morgan fingerprint density at radius 3 is 2.43 bits per heavy atom. The SMILES string of the molecule is CC(N)c1ccc(NC(=O)NC2CC(=O)N(C)C2=O)cc1. The van der Waals surface area contributed by atoms with Gasteiger partial charge in [0.1, 0.15) is 6.04 Å². The lowest BCUT2D eigenvalue weighted by atomic mass is 10.1. The molecule has 2 unspecified atom stereocenters. The third-order valence-corrected chi connectivity index (χ3v) is 3.38. The Balaban J connectivity index is 1.93. The van der Waals surface area contributed by atoms with Gasteiger partial charge in [-0.1, -0.05) is 12.1 Å². The van der Waals surface area contributed by atoms with Crippen molar-refractivity contribution in [2.24, 2.45) is 5.73 Å². The Kier molecular flexibility index (Phi) is 4.23. The standard InChI is InChI=1S/C14H18N4O3/c1-8(15)9-3-5-10(6-4-9)16-14(21)17-11-7-12(19)18(2)13(11)20/h3-6,8,11H,7,15H2,1-2H3,(H2,16,17,21). The molecule has 4 N–H and O–H groups in total. The molecule has 2 atom stereocenters. The number of carbonyl (C=O) groups is 3. The Morgan fingerprint density at radius 1 is 1.33 bits per heavy atom. The molecule has 0 bridgehead atoms. The molecule has 1 saturated heterocycles. The summed E-state index contributed by atoms with van der Waals surface area (Å²) in [5, 5.41) is 5.10. The highest BCUT2D eigenvalue weighted by atomic mass is 16.2. The molecule has 1 aliphatic heterocycles. The summed E-state index contributed by atoms with van der Waals surface area (Å²) in [6.45, 7) is 1.87. The van der Waals surface area contributed by atoms with Gasteiger partial charge in [0.15, 0.2) is 0 Å². The molecule has 1 heterocycles. The minimum Gasteiger partial charge on any atom is -0.326 e. The van der Waals surface area contributed by atoms with Gasteiger partial charge in [-0.3, -0.25) is 14.5 Å². The van der Waals surface area contributed by atoms with Gasteiger partial charge in [0.25, 0.3) is 5.91 Å². The van der Waals surface area contributed by atoms with Gasteiger partial charge in [-0.15, -0.1) is 0 Å². The van der Waals surface area contributed by atoms with Crippen molar-refractivity contribution in [2.75, 3.05) is 12.4 Å². The van der Waals surface area contributed by atoms with Crippen LogP contribution in [-0.2, 0) is 9.59 Å². The summed E-state index contributed by atoms with van der Waals surface area (Å²) in [6, 6.07) is 5.69. The number of imide groups is 1. The molecule has 0 aliphatic carbocycles. The molecule has 0 spiro atoms. The summed E-state index contributed by atoms with van der Waals surface area (Å²) in [4.78, 5) is 35.9. The van der Waals surface area contributed by atoms with Gasteiger partial charge >= 0.3 is 6.03 Å². The zero-order chi connectivity index (χ0) is 15.6. The van der Waals surface area contributed by atoms with Gasteiger partial charge < -0.3 is 16.4 Å². The molecule has 0 aromatic heterocycles. The second kappa shape index (κ2) is 5.92. The molecule has 21 heavy (non-hydrogen) atoms. The number of likely N-dealkylation sites (N-methyl/N-ethyl adjacent to an activating group) is 1. The van der Waals surface area contributed by atoms with Crippen LogP contribution in [0.3, 0.4) is 0 Å². The highest BCUT2D eigenvalue weighted by molar-refractivity contribution is 6.07. The van der Waals surface area contributed by atoms with Crippen LogP contribution in [0, 0.1) is 0 Å². The van der Waals surface area contributed by atoms with Crippen LogP contribution in [0.25, 0.3) is 0 Å². The number of amides is 4. The molecule has 112 valence electrons. The molecule has 2 rings (SSSR count). The Morgan fingerprint density at radius 2 is 1.95 bits per heavy atom. The molecule has 0 radical (unpaired) electrons. The number of benzene rings is 1. The number of anilines is 1. The lowest BCUT2D eigenvalue weighted by molar-refractivity contribution is -0.137. The number of nitrogens with one attached hydrogen (secondary N) is 2. The maximum atomic E-state index is 11.8. The van der Waals surface area contributed by atoms with Gasteiger partial charge in [0.05, 0.1) is 6.42 Å². The van der Waals surface area contributed by atoms with Crippen LogP contribution < -0.4 is 16.4 Å². The predicted octanol–water partition coefficient (Wildman–Crippen LogP) is 0.585. The zero-order valence-corrected chi connectivity index (χ0v) is 11.9. The molecule has 1 fully saturated rings. The number of likely N-dealkylation sites (tertiary alicyclic amines) is 1. The van der Waals surface area contributed by atoms with E-state index in [9.17, 15) is 14.4 Å². The van der Waals surface area contributed by atoms with Crippen molar-refractivity contribution < 1.29 is 14.4 Å². The molecule has 7 heteroatoms. The quantitative estimate of drug-likeness (QED) is 0.708. The fraction of sp³-hybridized carbons (Fsp3) is 0.357. The van der Waals surface area contributed by atoms with Crippen LogP contribution >= 0.6 is 0 Å². The largest absolute Gasteiger partial charge is 0.326 e. The van der Waals surface area contributed by atoms with Crippen molar-refractivity contribution in [3.63, 3.8) is 0 Å². The van der Waals surface area contributed by atoms with E-state index in [1.54, 1.807) is 12.1 Å². The first-order valence-corrected chi connectivity index (χ1v) is 6.62. The van der Waals surface area contributed by atoms with Crippen molar-refractivity contribution in [2.45, 2.75) is 25.4 Å². The molecule has 1 aromatic rings. The summed E-state index contributed by atoms with van der Waals surface area (Å²) in [6.07, 6.45) is -0.00756. The average molecular weight is 290 g/mol. The second-order valence-corrected chi connectivity index (χ2v) is 5.06. The van der Waals surface area contributed by atoms with Crippen LogP contribution in [0.5, 0.6) is 0 Å². The third kappa shape index (κ3) is 3.38. The van der Waals surface area contributed by atoms with Crippen LogP contribution in [0.2, 0.25) is 0 Å². The highest BCUT2D eigenvalue weighted by Gasteiger charge is 2.36. The topological polar surface area (TPSA) is 105 Å². The van der Waals surface area contributed by atoms with Crippen molar-refractivity contribution in [1.29, 1.82) is 0 Å². The Hall–Kier alpha value is -2.41. The predicted molar refractivity (Wildman–Crippen MR) is 77.4 cm³/mol. The van der Waals surface area contributed by atoms with Crippen molar-refractivity contribution >= 4 is 23.5 Å². The summed E-state index contributed by atoms with van der Waals surface area (Å²) in [5.74, 6) is -0.700. The first kappa shape index (κ1) is 15.0. The van der Waals surface area contributed by atoms with Gasteiger partial charge in [0.2, 0.25) is 5.91 Å². The second-order valence-electron chi connectivity index (χ2n) is 5.06. The number of carbonyl (C=O) groups excluding carboxylic acids is 3. The number of nitrogens with zero attached hydrogens (tertiary/aromatic N) is 1. The van der Waals surface area contributed by atoms with Gasteiger partial charge in [0, 0.05) is 18.8 Å². The third-order valence-electron chi connectivity index (χ3n) is 3.38. The van der Waals surface area contributed by atoms with Gasteiger partial charge in [-0.2, -0.15) is 0 Å². The van der Waals surface area contributed by atoms with Gasteiger partial charge in [-0.05, 0) is 24.6 Å². The van der Waals surface area contributed by atoms with Crippen LogP contribution in [-0.4, -0.2) is 35.8 Å². The molecule has 1 aliphatic rings. The maximum absolute atomic E-state index is 11.8. The molecule has 0 saturated carbocycles. The van der Waals surface area contributed by atoms with E-state index < -0.39 is 18.0 Å². The molecule has 7 nitrogen and oxygen atoms in total. The molecular weight excluding hydrogens is 272 g/mol. The summed E-state index contributed by atoms with van der Waals surface area (Å²) < 4.78 is 0. The minimum atomic E-state index is -0.800. The van der Waals surface area contributed by atoms with E-state index in [1.165, 1.54) is 7.05 Å². The number of rotatable bonds is 3. The molecule has 4 amide bonds. The smallest absolute Gasteiger partial charge is 0.319 e. The Labute approximate surface area is 122 Å². The summed E-state index contributed by atoms with van der Waals surface area (Å²) >= 11 is 0.